The number of pyridine rings is 1. The Morgan fingerprint density at radius 1 is 1.40 bits per heavy atom. The Labute approximate surface area is 114 Å². The van der Waals surface area contributed by atoms with Crippen LogP contribution in [0.2, 0.25) is 0 Å². The van der Waals surface area contributed by atoms with Crippen LogP contribution in [0.1, 0.15) is 17.3 Å². The van der Waals surface area contributed by atoms with Gasteiger partial charge >= 0.3 is 12.1 Å². The van der Waals surface area contributed by atoms with Crippen LogP contribution >= 0.6 is 0 Å². The maximum absolute atomic E-state index is 11.8. The van der Waals surface area contributed by atoms with E-state index in [4.69, 9.17) is 4.74 Å². The maximum atomic E-state index is 11.8. The van der Waals surface area contributed by atoms with Gasteiger partial charge in [0, 0.05) is 12.7 Å². The molecule has 0 fully saturated rings. The number of nitrogens with zero attached hydrogens (tertiary/aromatic N) is 1. The van der Waals surface area contributed by atoms with Crippen LogP contribution in [-0.2, 0) is 9.47 Å². The molecule has 0 aliphatic heterocycles. The Morgan fingerprint density at radius 2 is 2.15 bits per heavy atom. The van der Waals surface area contributed by atoms with E-state index in [9.17, 15) is 18.0 Å². The summed E-state index contributed by atoms with van der Waals surface area (Å²) >= 11 is 0. The van der Waals surface area contributed by atoms with Gasteiger partial charge in [0.15, 0.2) is 0 Å². The van der Waals surface area contributed by atoms with Crippen molar-refractivity contribution in [1.82, 2.24) is 4.98 Å². The maximum Gasteiger partial charge on any atom is 0.411 e. The summed E-state index contributed by atoms with van der Waals surface area (Å²) in [4.78, 5) is 15.3. The number of anilines is 1. The van der Waals surface area contributed by atoms with Crippen molar-refractivity contribution in [2.75, 3.05) is 31.7 Å². The fourth-order valence-electron chi connectivity index (χ4n) is 1.27. The molecule has 0 bridgehead atoms. The molecule has 8 heteroatoms. The van der Waals surface area contributed by atoms with Crippen LogP contribution in [-0.4, -0.2) is 43.5 Å². The van der Waals surface area contributed by atoms with Crippen molar-refractivity contribution in [3.05, 3.63) is 23.9 Å². The third-order valence-electron chi connectivity index (χ3n) is 2.09. The van der Waals surface area contributed by atoms with Gasteiger partial charge in [-0.15, -0.1) is 0 Å². The number of hydrogen-bond donors (Lipinski definition) is 1. The Balaban J connectivity index is 2.30. The first kappa shape index (κ1) is 16.2. The minimum atomic E-state index is -4.32. The number of halogens is 3. The number of alkyl halides is 3. The molecule has 1 N–H and O–H groups in total. The first-order chi connectivity index (χ1) is 9.42. The highest BCUT2D eigenvalue weighted by molar-refractivity contribution is 5.89. The summed E-state index contributed by atoms with van der Waals surface area (Å²) in [5, 5.41) is 2.77. The second kappa shape index (κ2) is 7.68. The summed E-state index contributed by atoms with van der Waals surface area (Å²) in [6.07, 6.45) is -2.99. The lowest BCUT2D eigenvalue weighted by molar-refractivity contribution is -0.172. The van der Waals surface area contributed by atoms with Gasteiger partial charge in [-0.05, 0) is 19.1 Å². The molecule has 0 amide bonds. The van der Waals surface area contributed by atoms with Gasteiger partial charge in [0.2, 0.25) is 0 Å². The van der Waals surface area contributed by atoms with Crippen molar-refractivity contribution in [2.24, 2.45) is 0 Å². The monoisotopic (exact) mass is 292 g/mol. The van der Waals surface area contributed by atoms with Crippen LogP contribution < -0.4 is 5.32 Å². The highest BCUT2D eigenvalue weighted by Crippen LogP contribution is 2.14. The number of esters is 1. The highest BCUT2D eigenvalue weighted by Gasteiger charge is 2.27. The molecule has 0 saturated heterocycles. The standard InChI is InChI=1S/C12H15F3N2O3/c1-2-20-11(18)9-3-4-10(17-7-9)16-5-6-19-8-12(13,14)15/h3-4,7H,2,5-6,8H2,1H3,(H,16,17). The minimum absolute atomic E-state index is 0.0964. The van der Waals surface area contributed by atoms with Crippen molar-refractivity contribution in [3.8, 4) is 0 Å². The van der Waals surface area contributed by atoms with Crippen molar-refractivity contribution in [2.45, 2.75) is 13.1 Å². The molecule has 0 aliphatic rings. The molecule has 0 unspecified atom stereocenters. The van der Waals surface area contributed by atoms with Gasteiger partial charge < -0.3 is 14.8 Å². The zero-order valence-corrected chi connectivity index (χ0v) is 10.9. The first-order valence-electron chi connectivity index (χ1n) is 5.94. The lowest BCUT2D eigenvalue weighted by Gasteiger charge is -2.09. The molecule has 1 rings (SSSR count). The zero-order valence-electron chi connectivity index (χ0n) is 10.9. The lowest BCUT2D eigenvalue weighted by Crippen LogP contribution is -2.20. The van der Waals surface area contributed by atoms with E-state index in [0.717, 1.165) is 0 Å². The molecular formula is C12H15F3N2O3. The molecule has 0 spiro atoms. The van der Waals surface area contributed by atoms with E-state index >= 15 is 0 Å². The molecule has 0 radical (unpaired) electrons. The van der Waals surface area contributed by atoms with Gasteiger partial charge in [-0.2, -0.15) is 13.2 Å². The Hall–Kier alpha value is -1.83. The Morgan fingerprint density at radius 3 is 2.70 bits per heavy atom. The highest BCUT2D eigenvalue weighted by atomic mass is 19.4. The Bertz CT molecular complexity index is 421. The molecule has 0 atom stereocenters. The summed E-state index contributed by atoms with van der Waals surface area (Å²) in [5.74, 6) is -0.0336. The Kier molecular flexibility index (Phi) is 6.23. The van der Waals surface area contributed by atoms with Crippen LogP contribution in [0.25, 0.3) is 0 Å². The second-order valence-electron chi connectivity index (χ2n) is 3.75. The average Bonchev–Trinajstić information content (AvgIpc) is 2.38. The fourth-order valence-corrected chi connectivity index (χ4v) is 1.27. The third kappa shape index (κ3) is 6.37. The molecule has 1 aromatic rings. The smallest absolute Gasteiger partial charge is 0.411 e. The number of hydrogen-bond acceptors (Lipinski definition) is 5. The number of nitrogens with one attached hydrogen (secondary N) is 1. The lowest BCUT2D eigenvalue weighted by atomic mass is 10.3. The van der Waals surface area contributed by atoms with Gasteiger partial charge in [-0.3, -0.25) is 0 Å². The third-order valence-corrected chi connectivity index (χ3v) is 2.09. The van der Waals surface area contributed by atoms with Gasteiger partial charge in [0.1, 0.15) is 12.4 Å². The van der Waals surface area contributed by atoms with Crippen LogP contribution in [0.3, 0.4) is 0 Å². The van der Waals surface area contributed by atoms with Crippen molar-refractivity contribution < 1.29 is 27.4 Å². The van der Waals surface area contributed by atoms with Crippen LogP contribution in [0.4, 0.5) is 19.0 Å². The quantitative estimate of drug-likeness (QED) is 0.617. The van der Waals surface area contributed by atoms with Gasteiger partial charge in [0.25, 0.3) is 0 Å². The number of rotatable bonds is 7. The van der Waals surface area contributed by atoms with E-state index in [1.807, 2.05) is 0 Å². The van der Waals surface area contributed by atoms with E-state index in [0.29, 0.717) is 11.4 Å². The van der Waals surface area contributed by atoms with E-state index < -0.39 is 18.8 Å². The summed E-state index contributed by atoms with van der Waals surface area (Å²) in [6, 6.07) is 3.06. The number of carbonyl (C=O) groups is 1. The summed E-state index contributed by atoms with van der Waals surface area (Å²) in [5.41, 5.74) is 0.311. The molecule has 1 aromatic heterocycles. The van der Waals surface area contributed by atoms with E-state index in [-0.39, 0.29) is 19.8 Å². The normalized spacial score (nSPS) is 11.2. The summed E-state index contributed by atoms with van der Waals surface area (Å²) < 4.78 is 44.6. The number of ether oxygens (including phenoxy) is 2. The summed E-state index contributed by atoms with van der Waals surface area (Å²) in [6.45, 7) is 0.782. The molecule has 1 heterocycles. The van der Waals surface area contributed by atoms with Crippen LogP contribution in [0, 0.1) is 0 Å². The topological polar surface area (TPSA) is 60.5 Å². The average molecular weight is 292 g/mol. The molecule has 0 saturated carbocycles. The molecular weight excluding hydrogens is 277 g/mol. The van der Waals surface area contributed by atoms with E-state index in [1.165, 1.54) is 18.3 Å². The van der Waals surface area contributed by atoms with Gasteiger partial charge in [-0.25, -0.2) is 9.78 Å². The number of aromatic nitrogens is 1. The zero-order chi connectivity index (χ0) is 15.0. The SMILES string of the molecule is CCOC(=O)c1ccc(NCCOCC(F)(F)F)nc1. The summed E-state index contributed by atoms with van der Waals surface area (Å²) in [7, 11) is 0. The molecule has 0 aliphatic carbocycles. The predicted molar refractivity (Wildman–Crippen MR) is 65.6 cm³/mol. The van der Waals surface area contributed by atoms with E-state index in [1.54, 1.807) is 6.92 Å². The molecule has 112 valence electrons. The second-order valence-corrected chi connectivity index (χ2v) is 3.75. The van der Waals surface area contributed by atoms with Gasteiger partial charge in [0.05, 0.1) is 18.8 Å². The van der Waals surface area contributed by atoms with Crippen molar-refractivity contribution in [1.29, 1.82) is 0 Å². The van der Waals surface area contributed by atoms with Gasteiger partial charge in [-0.1, -0.05) is 0 Å². The van der Waals surface area contributed by atoms with Crippen LogP contribution in [0.5, 0.6) is 0 Å². The van der Waals surface area contributed by atoms with Crippen molar-refractivity contribution in [3.63, 3.8) is 0 Å². The minimum Gasteiger partial charge on any atom is -0.462 e. The molecule has 20 heavy (non-hydrogen) atoms. The van der Waals surface area contributed by atoms with Crippen molar-refractivity contribution >= 4 is 11.8 Å². The van der Waals surface area contributed by atoms with E-state index in [2.05, 4.69) is 15.0 Å². The molecule has 0 aromatic carbocycles. The van der Waals surface area contributed by atoms with Crippen LogP contribution in [0.15, 0.2) is 18.3 Å². The first-order valence-corrected chi connectivity index (χ1v) is 5.94. The predicted octanol–water partition coefficient (Wildman–Crippen LogP) is 2.25. The fraction of sp³-hybridized carbons (Fsp3) is 0.500. The largest absolute Gasteiger partial charge is 0.462 e. The molecule has 5 nitrogen and oxygen atoms in total. The number of carbonyl (C=O) groups excluding carboxylic acids is 1.